The number of hydrazine groups is 1. The van der Waals surface area contributed by atoms with Crippen molar-refractivity contribution in [2.75, 3.05) is 6.61 Å². The van der Waals surface area contributed by atoms with E-state index in [1.165, 1.54) is 0 Å². The molecule has 5 nitrogen and oxygen atoms in total. The summed E-state index contributed by atoms with van der Waals surface area (Å²) in [5.74, 6) is 0.210. The molecule has 120 valence electrons. The predicted octanol–water partition coefficient (Wildman–Crippen LogP) is 2.62. The van der Waals surface area contributed by atoms with Crippen LogP contribution in [0.5, 0.6) is 5.75 Å². The van der Waals surface area contributed by atoms with Crippen LogP contribution in [-0.2, 0) is 4.79 Å². The fraction of sp³-hybridized carbons (Fsp3) is 0.222. The lowest BCUT2D eigenvalue weighted by Gasteiger charge is -2.09. The molecule has 0 saturated heterocycles. The summed E-state index contributed by atoms with van der Waals surface area (Å²) in [5, 5.41) is 0. The summed E-state index contributed by atoms with van der Waals surface area (Å²) in [6, 6.07) is 16.6. The number of nitrogens with one attached hydrogen (secondary N) is 2. The van der Waals surface area contributed by atoms with Crippen LogP contribution in [-0.4, -0.2) is 18.4 Å². The Balaban J connectivity index is 1.65. The fourth-order valence-corrected chi connectivity index (χ4v) is 2.02. The smallest absolute Gasteiger partial charge is 0.269 e. The third-order valence-corrected chi connectivity index (χ3v) is 3.27. The minimum atomic E-state index is -0.322. The van der Waals surface area contributed by atoms with Gasteiger partial charge in [-0.1, -0.05) is 36.4 Å². The summed E-state index contributed by atoms with van der Waals surface area (Å²) in [6.07, 6.45) is 0.849. The number of benzene rings is 2. The predicted molar refractivity (Wildman–Crippen MR) is 88.0 cm³/mol. The van der Waals surface area contributed by atoms with Gasteiger partial charge < -0.3 is 4.74 Å². The zero-order valence-electron chi connectivity index (χ0n) is 13.0. The highest BCUT2D eigenvalue weighted by molar-refractivity contribution is 5.96. The van der Waals surface area contributed by atoms with Gasteiger partial charge in [0.15, 0.2) is 0 Å². The van der Waals surface area contributed by atoms with E-state index in [2.05, 4.69) is 10.9 Å². The van der Waals surface area contributed by atoms with Crippen LogP contribution in [0.4, 0.5) is 0 Å². The van der Waals surface area contributed by atoms with Crippen LogP contribution in [0.1, 0.15) is 28.8 Å². The van der Waals surface area contributed by atoms with Gasteiger partial charge in [-0.05, 0) is 37.1 Å². The minimum absolute atomic E-state index is 0.247. The highest BCUT2D eigenvalue weighted by Crippen LogP contribution is 2.09. The van der Waals surface area contributed by atoms with Gasteiger partial charge in [0.25, 0.3) is 5.91 Å². The Morgan fingerprint density at radius 1 is 0.957 bits per heavy atom. The Labute approximate surface area is 135 Å². The Kier molecular flexibility index (Phi) is 6.17. The van der Waals surface area contributed by atoms with E-state index in [1.807, 2.05) is 49.4 Å². The number of aryl methyl sites for hydroxylation is 1. The molecule has 0 aliphatic heterocycles. The van der Waals surface area contributed by atoms with Crippen molar-refractivity contribution in [3.63, 3.8) is 0 Å². The van der Waals surface area contributed by atoms with Gasteiger partial charge in [0.1, 0.15) is 5.75 Å². The molecule has 0 atom stereocenters. The molecule has 0 heterocycles. The lowest BCUT2D eigenvalue weighted by molar-refractivity contribution is -0.122. The molecule has 5 heteroatoms. The van der Waals surface area contributed by atoms with E-state index in [1.54, 1.807) is 12.1 Å². The molecule has 0 aromatic heterocycles. The summed E-state index contributed by atoms with van der Waals surface area (Å²) < 4.78 is 5.50. The molecule has 0 radical (unpaired) electrons. The fourth-order valence-electron chi connectivity index (χ4n) is 2.02. The molecule has 2 aromatic carbocycles. The number of carbonyl (C=O) groups excluding carboxylic acids is 2. The van der Waals surface area contributed by atoms with Crippen molar-refractivity contribution in [3.8, 4) is 5.75 Å². The standard InChI is InChI=1S/C18H20N2O3/c1-14-8-5-6-11-16(14)18(22)20-19-17(21)12-7-13-23-15-9-3-2-4-10-15/h2-6,8-11H,7,12-13H2,1H3,(H,19,21)(H,20,22). The van der Waals surface area contributed by atoms with Gasteiger partial charge in [-0.15, -0.1) is 0 Å². The second-order valence-electron chi connectivity index (χ2n) is 5.08. The molecule has 2 N–H and O–H groups in total. The summed E-state index contributed by atoms with van der Waals surface area (Å²) in [5.41, 5.74) is 6.23. The van der Waals surface area contributed by atoms with Gasteiger partial charge >= 0.3 is 0 Å². The average molecular weight is 312 g/mol. The molecule has 0 spiro atoms. The largest absolute Gasteiger partial charge is 0.494 e. The van der Waals surface area contributed by atoms with Gasteiger partial charge in [0, 0.05) is 12.0 Å². The molecule has 0 aliphatic rings. The number of rotatable bonds is 6. The number of amides is 2. The molecule has 0 bridgehead atoms. The van der Waals surface area contributed by atoms with E-state index in [9.17, 15) is 9.59 Å². The molecular formula is C18H20N2O3. The highest BCUT2D eigenvalue weighted by atomic mass is 16.5. The number of carbonyl (C=O) groups is 2. The van der Waals surface area contributed by atoms with Crippen LogP contribution in [0.15, 0.2) is 54.6 Å². The molecule has 0 aliphatic carbocycles. The van der Waals surface area contributed by atoms with Crippen LogP contribution in [0.2, 0.25) is 0 Å². The van der Waals surface area contributed by atoms with Crippen LogP contribution < -0.4 is 15.6 Å². The first-order valence-electron chi connectivity index (χ1n) is 7.49. The zero-order valence-corrected chi connectivity index (χ0v) is 13.0. The lowest BCUT2D eigenvalue weighted by atomic mass is 10.1. The monoisotopic (exact) mass is 312 g/mol. The van der Waals surface area contributed by atoms with Crippen molar-refractivity contribution in [2.45, 2.75) is 19.8 Å². The quantitative estimate of drug-likeness (QED) is 0.636. The SMILES string of the molecule is Cc1ccccc1C(=O)NNC(=O)CCCOc1ccccc1. The van der Waals surface area contributed by atoms with Crippen molar-refractivity contribution in [1.29, 1.82) is 0 Å². The first kappa shape index (κ1) is 16.5. The maximum absolute atomic E-state index is 11.9. The number of hydrogen-bond donors (Lipinski definition) is 2. The lowest BCUT2D eigenvalue weighted by Crippen LogP contribution is -2.41. The van der Waals surface area contributed by atoms with Gasteiger partial charge in [-0.25, -0.2) is 0 Å². The molecule has 2 amide bonds. The Bertz CT molecular complexity index is 656. The third kappa shape index (κ3) is 5.47. The van der Waals surface area contributed by atoms with Crippen molar-refractivity contribution in [1.82, 2.24) is 10.9 Å². The summed E-state index contributed by atoms with van der Waals surface area (Å²) in [7, 11) is 0. The van der Waals surface area contributed by atoms with Crippen molar-refractivity contribution < 1.29 is 14.3 Å². The minimum Gasteiger partial charge on any atom is -0.494 e. The summed E-state index contributed by atoms with van der Waals surface area (Å²) >= 11 is 0. The maximum atomic E-state index is 11.9. The molecule has 0 fully saturated rings. The summed E-state index contributed by atoms with van der Waals surface area (Å²) in [6.45, 7) is 2.29. The molecule has 23 heavy (non-hydrogen) atoms. The van der Waals surface area contributed by atoms with Gasteiger partial charge in [0.05, 0.1) is 6.61 Å². The van der Waals surface area contributed by atoms with Crippen molar-refractivity contribution >= 4 is 11.8 Å². The topological polar surface area (TPSA) is 67.4 Å². The normalized spacial score (nSPS) is 9.96. The third-order valence-electron chi connectivity index (χ3n) is 3.27. The van der Waals surface area contributed by atoms with Crippen LogP contribution in [0, 0.1) is 6.92 Å². The van der Waals surface area contributed by atoms with E-state index in [0.717, 1.165) is 11.3 Å². The first-order chi connectivity index (χ1) is 11.2. The number of ether oxygens (including phenoxy) is 1. The van der Waals surface area contributed by atoms with E-state index >= 15 is 0 Å². The molecule has 0 unspecified atom stereocenters. The summed E-state index contributed by atoms with van der Waals surface area (Å²) in [4.78, 5) is 23.6. The highest BCUT2D eigenvalue weighted by Gasteiger charge is 2.09. The number of para-hydroxylation sites is 1. The van der Waals surface area contributed by atoms with Crippen LogP contribution >= 0.6 is 0 Å². The molecule has 2 rings (SSSR count). The Morgan fingerprint density at radius 2 is 1.65 bits per heavy atom. The first-order valence-corrected chi connectivity index (χ1v) is 7.49. The number of hydrogen-bond acceptors (Lipinski definition) is 3. The molecule has 2 aromatic rings. The maximum Gasteiger partial charge on any atom is 0.269 e. The van der Waals surface area contributed by atoms with Gasteiger partial charge in [0.2, 0.25) is 5.91 Å². The van der Waals surface area contributed by atoms with E-state index in [4.69, 9.17) is 4.74 Å². The van der Waals surface area contributed by atoms with Crippen LogP contribution in [0.25, 0.3) is 0 Å². The second-order valence-corrected chi connectivity index (χ2v) is 5.08. The second kappa shape index (κ2) is 8.58. The van der Waals surface area contributed by atoms with E-state index in [0.29, 0.717) is 18.6 Å². The van der Waals surface area contributed by atoms with E-state index in [-0.39, 0.29) is 18.2 Å². The average Bonchev–Trinajstić information content (AvgIpc) is 2.58. The zero-order chi connectivity index (χ0) is 16.5. The van der Waals surface area contributed by atoms with E-state index < -0.39 is 0 Å². The Morgan fingerprint density at radius 3 is 2.39 bits per heavy atom. The Hall–Kier alpha value is -2.82. The van der Waals surface area contributed by atoms with Gasteiger partial charge in [-0.3, -0.25) is 20.4 Å². The van der Waals surface area contributed by atoms with Gasteiger partial charge in [-0.2, -0.15) is 0 Å². The van der Waals surface area contributed by atoms with Crippen molar-refractivity contribution in [3.05, 3.63) is 65.7 Å². The van der Waals surface area contributed by atoms with Crippen molar-refractivity contribution in [2.24, 2.45) is 0 Å². The molecule has 0 saturated carbocycles. The molecular weight excluding hydrogens is 292 g/mol. The van der Waals surface area contributed by atoms with Crippen LogP contribution in [0.3, 0.4) is 0 Å².